The highest BCUT2D eigenvalue weighted by Crippen LogP contribution is 2.36. The molecule has 0 fully saturated rings. The molecule has 0 atom stereocenters. The fourth-order valence-electron chi connectivity index (χ4n) is 1.60. The number of halogens is 2. The van der Waals surface area contributed by atoms with Crippen molar-refractivity contribution in [2.75, 3.05) is 33.9 Å². The Bertz CT molecular complexity index is 458. The van der Waals surface area contributed by atoms with Crippen LogP contribution < -0.4 is 20.1 Å². The number of methoxy groups -OCH3 is 1. The maximum absolute atomic E-state index is 12.0. The Balaban J connectivity index is 0.00000400. The molecule has 120 valence electrons. The Kier molecular flexibility index (Phi) is 10.2. The van der Waals surface area contributed by atoms with E-state index >= 15 is 0 Å². The molecule has 0 bridgehead atoms. The molecule has 7 heteroatoms. The van der Waals surface area contributed by atoms with Crippen molar-refractivity contribution in [3.63, 3.8) is 0 Å². The first-order valence-corrected chi connectivity index (χ1v) is 7.36. The molecule has 0 heterocycles. The van der Waals surface area contributed by atoms with E-state index in [1.807, 2.05) is 14.0 Å². The third-order valence-corrected chi connectivity index (χ3v) is 3.19. The van der Waals surface area contributed by atoms with E-state index in [9.17, 15) is 4.79 Å². The van der Waals surface area contributed by atoms with E-state index in [0.717, 1.165) is 13.0 Å². The van der Waals surface area contributed by atoms with Gasteiger partial charge in [0.05, 0.1) is 18.2 Å². The summed E-state index contributed by atoms with van der Waals surface area (Å²) in [5.74, 6) is 1.04. The van der Waals surface area contributed by atoms with Crippen molar-refractivity contribution in [3.8, 4) is 11.5 Å². The summed E-state index contributed by atoms with van der Waals surface area (Å²) < 4.78 is 11.6. The van der Waals surface area contributed by atoms with Crippen molar-refractivity contribution in [3.05, 3.63) is 22.2 Å². The van der Waals surface area contributed by atoms with Gasteiger partial charge in [-0.1, -0.05) is 6.92 Å². The van der Waals surface area contributed by atoms with Crippen LogP contribution >= 0.6 is 28.3 Å². The number of rotatable bonds is 8. The van der Waals surface area contributed by atoms with E-state index in [1.165, 1.54) is 0 Å². The fourth-order valence-corrected chi connectivity index (χ4v) is 2.15. The zero-order chi connectivity index (χ0) is 15.0. The van der Waals surface area contributed by atoms with Gasteiger partial charge in [0.15, 0.2) is 11.5 Å². The van der Waals surface area contributed by atoms with Gasteiger partial charge in [-0.25, -0.2) is 0 Å². The Hall–Kier alpha value is -0.980. The van der Waals surface area contributed by atoms with Crippen LogP contribution in [0.1, 0.15) is 23.7 Å². The molecule has 21 heavy (non-hydrogen) atoms. The monoisotopic (exact) mass is 380 g/mol. The van der Waals surface area contributed by atoms with Gasteiger partial charge in [0.1, 0.15) is 0 Å². The van der Waals surface area contributed by atoms with Gasteiger partial charge in [0.25, 0.3) is 5.91 Å². The fraction of sp³-hybridized carbons (Fsp3) is 0.500. The molecule has 0 aliphatic heterocycles. The second kappa shape index (κ2) is 10.7. The molecule has 0 aromatic heterocycles. The van der Waals surface area contributed by atoms with Crippen molar-refractivity contribution in [2.45, 2.75) is 13.3 Å². The maximum Gasteiger partial charge on any atom is 0.251 e. The Morgan fingerprint density at radius 2 is 2.05 bits per heavy atom. The van der Waals surface area contributed by atoms with Crippen LogP contribution in [0.2, 0.25) is 0 Å². The van der Waals surface area contributed by atoms with Gasteiger partial charge in [-0.3, -0.25) is 4.79 Å². The van der Waals surface area contributed by atoms with Gasteiger partial charge in [-0.2, -0.15) is 0 Å². The molecule has 5 nitrogen and oxygen atoms in total. The lowest BCUT2D eigenvalue weighted by Gasteiger charge is -2.14. The van der Waals surface area contributed by atoms with Crippen LogP contribution in [0.3, 0.4) is 0 Å². The minimum atomic E-state index is -0.138. The molecule has 1 aromatic carbocycles. The lowest BCUT2D eigenvalue weighted by Crippen LogP contribution is -2.30. The number of nitrogens with one attached hydrogen (secondary N) is 2. The van der Waals surface area contributed by atoms with Crippen LogP contribution in [0.15, 0.2) is 16.6 Å². The number of hydrogen-bond donors (Lipinski definition) is 2. The van der Waals surface area contributed by atoms with Crippen molar-refractivity contribution in [1.82, 2.24) is 10.6 Å². The van der Waals surface area contributed by atoms with Crippen LogP contribution in [-0.4, -0.2) is 39.8 Å². The summed E-state index contributed by atoms with van der Waals surface area (Å²) in [5.41, 5.74) is 0.536. The topological polar surface area (TPSA) is 59.6 Å². The lowest BCUT2D eigenvalue weighted by atomic mass is 10.2. The van der Waals surface area contributed by atoms with E-state index in [2.05, 4.69) is 26.6 Å². The summed E-state index contributed by atoms with van der Waals surface area (Å²) >= 11 is 3.42. The summed E-state index contributed by atoms with van der Waals surface area (Å²) in [6.07, 6.45) is 0.905. The van der Waals surface area contributed by atoms with Gasteiger partial charge in [0, 0.05) is 18.7 Å². The SMILES string of the molecule is CCCOc1c(Br)cc(C(=O)NCCNC)cc1OC.Cl. The normalized spacial score (nSPS) is 9.71. The Labute approximate surface area is 140 Å². The third kappa shape index (κ3) is 6.11. The Morgan fingerprint density at radius 3 is 2.62 bits per heavy atom. The largest absolute Gasteiger partial charge is 0.493 e. The molecule has 0 saturated heterocycles. The predicted molar refractivity (Wildman–Crippen MR) is 90.0 cm³/mol. The average Bonchev–Trinajstić information content (AvgIpc) is 2.45. The summed E-state index contributed by atoms with van der Waals surface area (Å²) in [4.78, 5) is 12.0. The molecule has 0 saturated carbocycles. The second-order valence-electron chi connectivity index (χ2n) is 4.20. The summed E-state index contributed by atoms with van der Waals surface area (Å²) in [6, 6.07) is 3.42. The minimum absolute atomic E-state index is 0. The van der Waals surface area contributed by atoms with E-state index in [0.29, 0.717) is 34.7 Å². The van der Waals surface area contributed by atoms with Crippen molar-refractivity contribution in [1.29, 1.82) is 0 Å². The van der Waals surface area contributed by atoms with E-state index < -0.39 is 0 Å². The molecular weight excluding hydrogens is 360 g/mol. The number of benzene rings is 1. The first-order valence-electron chi connectivity index (χ1n) is 6.57. The van der Waals surface area contributed by atoms with Gasteiger partial charge >= 0.3 is 0 Å². The molecule has 0 aliphatic carbocycles. The van der Waals surface area contributed by atoms with Crippen LogP contribution in [-0.2, 0) is 0 Å². The molecule has 0 unspecified atom stereocenters. The smallest absolute Gasteiger partial charge is 0.251 e. The molecular formula is C14H22BrClN2O3. The van der Waals surface area contributed by atoms with Gasteiger partial charge in [-0.05, 0) is 41.5 Å². The quantitative estimate of drug-likeness (QED) is 0.680. The van der Waals surface area contributed by atoms with Crippen LogP contribution in [0.25, 0.3) is 0 Å². The molecule has 1 amide bonds. The highest BCUT2D eigenvalue weighted by atomic mass is 79.9. The molecule has 1 aromatic rings. The van der Waals surface area contributed by atoms with E-state index in [1.54, 1.807) is 19.2 Å². The number of ether oxygens (including phenoxy) is 2. The summed E-state index contributed by atoms with van der Waals surface area (Å²) in [6.45, 7) is 3.93. The first kappa shape index (κ1) is 20.0. The molecule has 0 aliphatic rings. The number of carbonyl (C=O) groups excluding carboxylic acids is 1. The molecule has 0 spiro atoms. The minimum Gasteiger partial charge on any atom is -0.493 e. The molecule has 0 radical (unpaired) electrons. The highest BCUT2D eigenvalue weighted by Gasteiger charge is 2.15. The predicted octanol–water partition coefficient (Wildman–Crippen LogP) is 2.62. The van der Waals surface area contributed by atoms with Crippen molar-refractivity contribution < 1.29 is 14.3 Å². The van der Waals surface area contributed by atoms with Crippen LogP contribution in [0.4, 0.5) is 0 Å². The van der Waals surface area contributed by atoms with E-state index in [-0.39, 0.29) is 18.3 Å². The maximum atomic E-state index is 12.0. The summed E-state index contributed by atoms with van der Waals surface area (Å²) in [5, 5.41) is 5.79. The van der Waals surface area contributed by atoms with E-state index in [4.69, 9.17) is 9.47 Å². The molecule has 1 rings (SSSR count). The highest BCUT2D eigenvalue weighted by molar-refractivity contribution is 9.10. The number of likely N-dealkylation sites (N-methyl/N-ethyl adjacent to an activating group) is 1. The zero-order valence-corrected chi connectivity index (χ0v) is 14.9. The zero-order valence-electron chi connectivity index (χ0n) is 12.5. The number of hydrogen-bond acceptors (Lipinski definition) is 4. The standard InChI is InChI=1S/C14H21BrN2O3.ClH/c1-4-7-20-13-11(15)8-10(9-12(13)19-3)14(18)17-6-5-16-2;/h8-9,16H,4-7H2,1-3H3,(H,17,18);1H. The van der Waals surface area contributed by atoms with Crippen molar-refractivity contribution in [2.24, 2.45) is 0 Å². The van der Waals surface area contributed by atoms with Gasteiger partial charge in [0.2, 0.25) is 0 Å². The molecule has 2 N–H and O–H groups in total. The van der Waals surface area contributed by atoms with Gasteiger partial charge < -0.3 is 20.1 Å². The third-order valence-electron chi connectivity index (χ3n) is 2.60. The lowest BCUT2D eigenvalue weighted by molar-refractivity contribution is 0.0953. The second-order valence-corrected chi connectivity index (χ2v) is 5.05. The first-order chi connectivity index (χ1) is 9.63. The van der Waals surface area contributed by atoms with Crippen LogP contribution in [0, 0.1) is 0 Å². The van der Waals surface area contributed by atoms with Crippen molar-refractivity contribution >= 4 is 34.2 Å². The average molecular weight is 382 g/mol. The number of carbonyl (C=O) groups is 1. The summed E-state index contributed by atoms with van der Waals surface area (Å²) in [7, 11) is 3.40. The Morgan fingerprint density at radius 1 is 1.33 bits per heavy atom. The van der Waals surface area contributed by atoms with Gasteiger partial charge in [-0.15, -0.1) is 12.4 Å². The van der Waals surface area contributed by atoms with Crippen LogP contribution in [0.5, 0.6) is 11.5 Å². The number of amides is 1.